The fourth-order valence-electron chi connectivity index (χ4n) is 3.02. The molecule has 0 bridgehead atoms. The molecule has 8 nitrogen and oxygen atoms in total. The number of benzene rings is 1. The molecule has 0 aliphatic rings. The molecular weight excluding hydrogens is 398 g/mol. The van der Waals surface area contributed by atoms with Gasteiger partial charge in [-0.3, -0.25) is 14.4 Å². The summed E-state index contributed by atoms with van der Waals surface area (Å²) in [6, 6.07) is 6.99. The number of carboxylic acid groups (broad SMARTS) is 1. The number of amides is 2. The molecule has 2 amide bonds. The third-order valence-corrected chi connectivity index (χ3v) is 4.75. The number of nitrogens with two attached hydrogens (primary N) is 1. The fourth-order valence-corrected chi connectivity index (χ4v) is 3.14. The van der Waals surface area contributed by atoms with Gasteiger partial charge in [0, 0.05) is 29.7 Å². The van der Waals surface area contributed by atoms with Crippen molar-refractivity contribution in [3.05, 3.63) is 57.9 Å². The van der Waals surface area contributed by atoms with Crippen LogP contribution in [0.25, 0.3) is 0 Å². The van der Waals surface area contributed by atoms with Crippen molar-refractivity contribution >= 4 is 35.2 Å². The minimum Gasteiger partial charge on any atom is -0.480 e. The van der Waals surface area contributed by atoms with E-state index in [2.05, 4.69) is 5.32 Å². The van der Waals surface area contributed by atoms with E-state index < -0.39 is 23.8 Å². The molecule has 0 aliphatic heterocycles. The lowest BCUT2D eigenvalue weighted by molar-refractivity contribution is -0.142. The molecule has 1 aromatic carbocycles. The highest BCUT2D eigenvalue weighted by Crippen LogP contribution is 2.20. The van der Waals surface area contributed by atoms with Crippen molar-refractivity contribution in [3.63, 3.8) is 0 Å². The monoisotopic (exact) mass is 419 g/mol. The normalized spacial score (nSPS) is 11.7. The van der Waals surface area contributed by atoms with Crippen LogP contribution in [0.15, 0.2) is 30.3 Å². The van der Waals surface area contributed by atoms with Gasteiger partial charge in [0.2, 0.25) is 17.6 Å². The van der Waals surface area contributed by atoms with Crippen molar-refractivity contribution in [2.24, 2.45) is 12.8 Å². The van der Waals surface area contributed by atoms with Crippen LogP contribution < -0.4 is 11.1 Å². The Bertz CT molecular complexity index is 950. The number of primary amides is 1. The van der Waals surface area contributed by atoms with Crippen LogP contribution >= 0.6 is 11.6 Å². The van der Waals surface area contributed by atoms with Crippen LogP contribution in [-0.2, 0) is 27.9 Å². The van der Waals surface area contributed by atoms with Crippen LogP contribution in [0.5, 0.6) is 0 Å². The number of aromatic nitrogens is 1. The number of hydrogen-bond donors (Lipinski definition) is 3. The van der Waals surface area contributed by atoms with E-state index >= 15 is 0 Å². The molecule has 0 radical (unpaired) electrons. The highest BCUT2D eigenvalue weighted by atomic mass is 35.5. The van der Waals surface area contributed by atoms with Crippen molar-refractivity contribution in [3.8, 4) is 0 Å². The number of halogens is 1. The molecule has 0 fully saturated rings. The molecule has 0 spiro atoms. The zero-order valence-corrected chi connectivity index (χ0v) is 16.8. The fraction of sp³-hybridized carbons (Fsp3) is 0.300. The Morgan fingerprint density at radius 1 is 1.21 bits per heavy atom. The molecule has 29 heavy (non-hydrogen) atoms. The summed E-state index contributed by atoms with van der Waals surface area (Å²) in [5.74, 6) is -2.64. The maximum atomic E-state index is 12.8. The van der Waals surface area contributed by atoms with E-state index in [-0.39, 0.29) is 25.0 Å². The number of aryl methyl sites for hydroxylation is 1. The molecular formula is C20H22ClN3O5. The molecule has 0 aliphatic carbocycles. The standard InChI is InChI=1S/C20H22ClN3O5/c1-11-9-14(10-17(26)23-15(20(28)29)7-8-16(22)25)24(2)18(11)19(27)12-3-5-13(21)6-4-12/h3-6,9,15H,7-8,10H2,1-2H3,(H2,22,25)(H,23,26)(H,28,29)/t15-/m0/s1. The molecule has 2 rings (SSSR count). The second-order valence-electron chi connectivity index (χ2n) is 6.70. The van der Waals surface area contributed by atoms with Gasteiger partial charge in [0.1, 0.15) is 6.04 Å². The van der Waals surface area contributed by atoms with Gasteiger partial charge in [0.05, 0.1) is 12.1 Å². The molecule has 9 heteroatoms. The van der Waals surface area contributed by atoms with E-state index in [0.717, 1.165) is 0 Å². The lowest BCUT2D eigenvalue weighted by Gasteiger charge is -2.14. The van der Waals surface area contributed by atoms with Gasteiger partial charge in [-0.2, -0.15) is 0 Å². The predicted molar refractivity (Wildman–Crippen MR) is 107 cm³/mol. The first-order valence-corrected chi connectivity index (χ1v) is 9.24. The second kappa shape index (κ2) is 9.38. The average Bonchev–Trinajstić information content (AvgIpc) is 2.91. The smallest absolute Gasteiger partial charge is 0.326 e. The average molecular weight is 420 g/mol. The first-order chi connectivity index (χ1) is 13.6. The summed E-state index contributed by atoms with van der Waals surface area (Å²) in [5, 5.41) is 12.1. The van der Waals surface area contributed by atoms with Gasteiger partial charge in [-0.05, 0) is 49.2 Å². The Hall–Kier alpha value is -3.13. The van der Waals surface area contributed by atoms with Gasteiger partial charge in [0.15, 0.2) is 0 Å². The molecule has 154 valence electrons. The van der Waals surface area contributed by atoms with E-state index in [1.165, 1.54) is 0 Å². The molecule has 4 N–H and O–H groups in total. The summed E-state index contributed by atoms with van der Waals surface area (Å²) in [5.41, 5.74) is 7.17. The molecule has 0 saturated heterocycles. The van der Waals surface area contributed by atoms with Crippen molar-refractivity contribution in [2.45, 2.75) is 32.2 Å². The van der Waals surface area contributed by atoms with Crippen LogP contribution in [-0.4, -0.2) is 39.3 Å². The number of hydrogen-bond acceptors (Lipinski definition) is 4. The van der Waals surface area contributed by atoms with Crippen molar-refractivity contribution in [2.75, 3.05) is 0 Å². The largest absolute Gasteiger partial charge is 0.480 e. The van der Waals surface area contributed by atoms with Crippen molar-refractivity contribution < 1.29 is 24.3 Å². The van der Waals surface area contributed by atoms with Crippen LogP contribution in [0, 0.1) is 6.92 Å². The van der Waals surface area contributed by atoms with Gasteiger partial charge in [-0.1, -0.05) is 11.6 Å². The number of nitrogens with zero attached hydrogens (tertiary/aromatic N) is 1. The van der Waals surface area contributed by atoms with Crippen LogP contribution in [0.1, 0.15) is 40.2 Å². The number of nitrogens with one attached hydrogen (secondary N) is 1. The summed E-state index contributed by atoms with van der Waals surface area (Å²) >= 11 is 5.86. The van der Waals surface area contributed by atoms with E-state index in [9.17, 15) is 24.3 Å². The van der Waals surface area contributed by atoms with Gasteiger partial charge in [0.25, 0.3) is 0 Å². The number of carboxylic acids is 1. The van der Waals surface area contributed by atoms with Gasteiger partial charge in [-0.15, -0.1) is 0 Å². The molecule has 1 aromatic heterocycles. The van der Waals surface area contributed by atoms with E-state index in [1.54, 1.807) is 48.9 Å². The quantitative estimate of drug-likeness (QED) is 0.531. The highest BCUT2D eigenvalue weighted by Gasteiger charge is 2.23. The molecule has 0 saturated carbocycles. The van der Waals surface area contributed by atoms with Gasteiger partial charge >= 0.3 is 5.97 Å². The lowest BCUT2D eigenvalue weighted by atomic mass is 10.1. The van der Waals surface area contributed by atoms with E-state index in [4.69, 9.17) is 17.3 Å². The number of carbonyl (C=O) groups is 4. The third-order valence-electron chi connectivity index (χ3n) is 4.50. The Morgan fingerprint density at radius 3 is 2.38 bits per heavy atom. The topological polar surface area (TPSA) is 131 Å². The summed E-state index contributed by atoms with van der Waals surface area (Å²) in [4.78, 5) is 47.3. The highest BCUT2D eigenvalue weighted by molar-refractivity contribution is 6.30. The first kappa shape index (κ1) is 22.2. The Balaban J connectivity index is 2.15. The number of ketones is 1. The molecule has 2 aromatic rings. The Kier molecular flexibility index (Phi) is 7.17. The molecule has 0 unspecified atom stereocenters. The number of carbonyl (C=O) groups excluding carboxylic acids is 3. The van der Waals surface area contributed by atoms with Gasteiger partial charge in [-0.25, -0.2) is 4.79 Å². The van der Waals surface area contributed by atoms with E-state index in [1.807, 2.05) is 0 Å². The van der Waals surface area contributed by atoms with Gasteiger partial charge < -0.3 is 20.7 Å². The zero-order valence-electron chi connectivity index (χ0n) is 16.1. The zero-order chi connectivity index (χ0) is 21.7. The van der Waals surface area contributed by atoms with Crippen LogP contribution in [0.4, 0.5) is 0 Å². The number of aliphatic carboxylic acids is 1. The Labute approximate surface area is 172 Å². The maximum Gasteiger partial charge on any atom is 0.326 e. The predicted octanol–water partition coefficient (Wildman–Crippen LogP) is 1.60. The first-order valence-electron chi connectivity index (χ1n) is 8.86. The summed E-state index contributed by atoms with van der Waals surface area (Å²) in [6.45, 7) is 1.76. The number of rotatable bonds is 9. The summed E-state index contributed by atoms with van der Waals surface area (Å²) in [6.07, 6.45) is -0.366. The Morgan fingerprint density at radius 2 is 1.83 bits per heavy atom. The molecule has 1 atom stereocenters. The van der Waals surface area contributed by atoms with Crippen molar-refractivity contribution in [1.29, 1.82) is 0 Å². The maximum absolute atomic E-state index is 12.8. The molecule has 1 heterocycles. The minimum atomic E-state index is -1.25. The minimum absolute atomic E-state index is 0.0944. The summed E-state index contributed by atoms with van der Waals surface area (Å²) < 4.78 is 1.62. The van der Waals surface area contributed by atoms with Crippen molar-refractivity contribution in [1.82, 2.24) is 9.88 Å². The van der Waals surface area contributed by atoms with E-state index in [0.29, 0.717) is 27.5 Å². The van der Waals surface area contributed by atoms with Crippen LogP contribution in [0.2, 0.25) is 5.02 Å². The third kappa shape index (κ3) is 5.68. The SMILES string of the molecule is Cc1cc(CC(=O)N[C@@H](CCC(N)=O)C(=O)O)n(C)c1C(=O)c1ccc(Cl)cc1. The summed E-state index contributed by atoms with van der Waals surface area (Å²) in [7, 11) is 1.67. The van der Waals surface area contributed by atoms with Crippen LogP contribution in [0.3, 0.4) is 0 Å². The lowest BCUT2D eigenvalue weighted by Crippen LogP contribution is -2.42. The second-order valence-corrected chi connectivity index (χ2v) is 7.14.